The zero-order valence-electron chi connectivity index (χ0n) is 14.4. The smallest absolute Gasteiger partial charge is 0.220 e. The third kappa shape index (κ3) is 5.61. The summed E-state index contributed by atoms with van der Waals surface area (Å²) in [6.45, 7) is 0.501. The first-order valence-corrected chi connectivity index (χ1v) is 8.24. The van der Waals surface area contributed by atoms with Crippen molar-refractivity contribution in [3.8, 4) is 11.5 Å². The Morgan fingerprint density at radius 1 is 0.958 bits per heavy atom. The van der Waals surface area contributed by atoms with Crippen LogP contribution in [0.25, 0.3) is 0 Å². The van der Waals surface area contributed by atoms with Crippen molar-refractivity contribution in [1.29, 1.82) is 0 Å². The van der Waals surface area contributed by atoms with Crippen LogP contribution in [0.2, 0.25) is 0 Å². The molecule has 0 heterocycles. The van der Waals surface area contributed by atoms with Gasteiger partial charge in [-0.1, -0.05) is 30.3 Å². The Labute approximate surface area is 143 Å². The van der Waals surface area contributed by atoms with E-state index in [0.717, 1.165) is 36.3 Å². The predicted octanol–water partition coefficient (Wildman–Crippen LogP) is 3.73. The van der Waals surface area contributed by atoms with Crippen LogP contribution in [0.15, 0.2) is 48.5 Å². The summed E-state index contributed by atoms with van der Waals surface area (Å²) in [5.74, 6) is 1.75. The van der Waals surface area contributed by atoms with Gasteiger partial charge in [0.1, 0.15) is 11.5 Å². The van der Waals surface area contributed by atoms with Crippen LogP contribution < -0.4 is 14.8 Å². The molecule has 0 atom stereocenters. The molecule has 0 aliphatic carbocycles. The Balaban J connectivity index is 1.66. The summed E-state index contributed by atoms with van der Waals surface area (Å²) in [5.41, 5.74) is 2.26. The van der Waals surface area contributed by atoms with Gasteiger partial charge in [-0.25, -0.2) is 0 Å². The number of ether oxygens (including phenoxy) is 2. The fourth-order valence-corrected chi connectivity index (χ4v) is 2.54. The first-order valence-electron chi connectivity index (χ1n) is 8.24. The van der Waals surface area contributed by atoms with E-state index in [2.05, 4.69) is 17.4 Å². The Morgan fingerprint density at radius 3 is 2.42 bits per heavy atom. The Kier molecular flexibility index (Phi) is 7.15. The molecule has 0 spiro atoms. The molecule has 0 aliphatic rings. The second-order valence-corrected chi connectivity index (χ2v) is 5.64. The number of methoxy groups -OCH3 is 2. The summed E-state index contributed by atoms with van der Waals surface area (Å²) in [4.78, 5) is 11.9. The van der Waals surface area contributed by atoms with Gasteiger partial charge in [-0.15, -0.1) is 0 Å². The number of unbranched alkanes of at least 4 members (excludes halogenated alkanes) is 1. The van der Waals surface area contributed by atoms with Gasteiger partial charge in [0.25, 0.3) is 0 Å². The van der Waals surface area contributed by atoms with Gasteiger partial charge in [0, 0.05) is 18.5 Å². The number of hydrogen-bond acceptors (Lipinski definition) is 3. The van der Waals surface area contributed by atoms with Gasteiger partial charge < -0.3 is 14.8 Å². The fraction of sp³-hybridized carbons (Fsp3) is 0.350. The number of hydrogen-bond donors (Lipinski definition) is 1. The molecule has 1 amide bonds. The lowest BCUT2D eigenvalue weighted by Gasteiger charge is -2.09. The lowest BCUT2D eigenvalue weighted by atomic mass is 10.1. The van der Waals surface area contributed by atoms with Gasteiger partial charge in [-0.05, 0) is 43.0 Å². The topological polar surface area (TPSA) is 47.6 Å². The maximum Gasteiger partial charge on any atom is 0.220 e. The molecule has 24 heavy (non-hydrogen) atoms. The van der Waals surface area contributed by atoms with Gasteiger partial charge in [0.05, 0.1) is 14.2 Å². The van der Waals surface area contributed by atoms with Crippen molar-refractivity contribution >= 4 is 5.91 Å². The molecule has 4 heteroatoms. The van der Waals surface area contributed by atoms with Gasteiger partial charge in [0.2, 0.25) is 5.91 Å². The second-order valence-electron chi connectivity index (χ2n) is 5.64. The number of benzene rings is 2. The standard InChI is InChI=1S/C20H25NO3/c1-23-18-13-11-16(12-14-18)7-3-6-10-20(22)21-15-17-8-4-5-9-19(17)24-2/h4-5,8-9,11-14H,3,6-7,10,15H2,1-2H3,(H,21,22). The van der Waals surface area contributed by atoms with Crippen LogP contribution in [-0.2, 0) is 17.8 Å². The maximum atomic E-state index is 11.9. The average Bonchev–Trinajstić information content (AvgIpc) is 2.64. The van der Waals surface area contributed by atoms with Crippen molar-refractivity contribution < 1.29 is 14.3 Å². The molecule has 2 rings (SSSR count). The van der Waals surface area contributed by atoms with E-state index in [-0.39, 0.29) is 5.91 Å². The highest BCUT2D eigenvalue weighted by Crippen LogP contribution is 2.17. The quantitative estimate of drug-likeness (QED) is 0.714. The number of aryl methyl sites for hydroxylation is 1. The van der Waals surface area contributed by atoms with E-state index >= 15 is 0 Å². The highest BCUT2D eigenvalue weighted by molar-refractivity contribution is 5.75. The third-order valence-electron chi connectivity index (χ3n) is 3.95. The summed E-state index contributed by atoms with van der Waals surface area (Å²) in [5, 5.41) is 2.95. The van der Waals surface area contributed by atoms with Crippen molar-refractivity contribution in [3.63, 3.8) is 0 Å². The highest BCUT2D eigenvalue weighted by atomic mass is 16.5. The lowest BCUT2D eigenvalue weighted by Crippen LogP contribution is -2.22. The van der Waals surface area contributed by atoms with E-state index in [1.54, 1.807) is 14.2 Å². The lowest BCUT2D eigenvalue weighted by molar-refractivity contribution is -0.121. The van der Waals surface area contributed by atoms with Crippen LogP contribution in [-0.4, -0.2) is 20.1 Å². The minimum absolute atomic E-state index is 0.0793. The second kappa shape index (κ2) is 9.60. The monoisotopic (exact) mass is 327 g/mol. The van der Waals surface area contributed by atoms with E-state index in [0.29, 0.717) is 13.0 Å². The normalized spacial score (nSPS) is 10.2. The molecule has 0 aliphatic heterocycles. The minimum Gasteiger partial charge on any atom is -0.497 e. The molecule has 1 N–H and O–H groups in total. The molecule has 2 aromatic carbocycles. The van der Waals surface area contributed by atoms with Crippen molar-refractivity contribution in [3.05, 3.63) is 59.7 Å². The number of carbonyl (C=O) groups is 1. The fourth-order valence-electron chi connectivity index (χ4n) is 2.54. The van der Waals surface area contributed by atoms with E-state index in [4.69, 9.17) is 9.47 Å². The maximum absolute atomic E-state index is 11.9. The summed E-state index contributed by atoms with van der Waals surface area (Å²) in [6.07, 6.45) is 3.40. The molecule has 0 saturated carbocycles. The largest absolute Gasteiger partial charge is 0.497 e. The van der Waals surface area contributed by atoms with E-state index in [1.165, 1.54) is 5.56 Å². The van der Waals surface area contributed by atoms with Gasteiger partial charge in [0.15, 0.2) is 0 Å². The molecule has 2 aromatic rings. The van der Waals surface area contributed by atoms with Gasteiger partial charge >= 0.3 is 0 Å². The van der Waals surface area contributed by atoms with Crippen molar-refractivity contribution in [2.45, 2.75) is 32.2 Å². The van der Waals surface area contributed by atoms with Gasteiger partial charge in [-0.3, -0.25) is 4.79 Å². The molecule has 0 unspecified atom stereocenters. The van der Waals surface area contributed by atoms with Crippen molar-refractivity contribution in [2.24, 2.45) is 0 Å². The molecule has 0 radical (unpaired) electrons. The van der Waals surface area contributed by atoms with Crippen LogP contribution in [0, 0.1) is 0 Å². The first-order chi connectivity index (χ1) is 11.7. The van der Waals surface area contributed by atoms with Crippen molar-refractivity contribution in [1.82, 2.24) is 5.32 Å². The van der Waals surface area contributed by atoms with Crippen LogP contribution in [0.3, 0.4) is 0 Å². The molecule has 128 valence electrons. The average molecular weight is 327 g/mol. The summed E-state index contributed by atoms with van der Waals surface area (Å²) in [6, 6.07) is 15.8. The highest BCUT2D eigenvalue weighted by Gasteiger charge is 2.05. The first kappa shape index (κ1) is 17.9. The molecule has 0 fully saturated rings. The van der Waals surface area contributed by atoms with Crippen LogP contribution in [0.5, 0.6) is 11.5 Å². The van der Waals surface area contributed by atoms with E-state index in [9.17, 15) is 4.79 Å². The van der Waals surface area contributed by atoms with Crippen LogP contribution in [0.4, 0.5) is 0 Å². The zero-order valence-corrected chi connectivity index (χ0v) is 14.4. The van der Waals surface area contributed by atoms with E-state index in [1.807, 2.05) is 36.4 Å². The molecule has 0 saturated heterocycles. The molecular weight excluding hydrogens is 302 g/mol. The summed E-state index contributed by atoms with van der Waals surface area (Å²) < 4.78 is 10.4. The SMILES string of the molecule is COc1ccc(CCCCC(=O)NCc2ccccc2OC)cc1. The van der Waals surface area contributed by atoms with Gasteiger partial charge in [-0.2, -0.15) is 0 Å². The Morgan fingerprint density at radius 2 is 1.71 bits per heavy atom. The predicted molar refractivity (Wildman–Crippen MR) is 95.4 cm³/mol. The molecular formula is C20H25NO3. The number of amides is 1. The third-order valence-corrected chi connectivity index (χ3v) is 3.95. The number of para-hydroxylation sites is 1. The van der Waals surface area contributed by atoms with Crippen LogP contribution >= 0.6 is 0 Å². The number of carbonyl (C=O) groups excluding carboxylic acids is 1. The molecule has 4 nitrogen and oxygen atoms in total. The molecule has 0 bridgehead atoms. The summed E-state index contributed by atoms with van der Waals surface area (Å²) >= 11 is 0. The van der Waals surface area contributed by atoms with E-state index < -0.39 is 0 Å². The zero-order chi connectivity index (χ0) is 17.2. The van der Waals surface area contributed by atoms with Crippen molar-refractivity contribution in [2.75, 3.05) is 14.2 Å². The Hall–Kier alpha value is -2.49. The molecule has 0 aromatic heterocycles. The Bertz CT molecular complexity index is 638. The van der Waals surface area contributed by atoms with Crippen LogP contribution in [0.1, 0.15) is 30.4 Å². The minimum atomic E-state index is 0.0793. The number of rotatable bonds is 9. The number of nitrogens with one attached hydrogen (secondary N) is 1. The summed E-state index contributed by atoms with van der Waals surface area (Å²) in [7, 11) is 3.30.